The maximum atomic E-state index is 13.5. The van der Waals surface area contributed by atoms with Crippen LogP contribution >= 0.6 is 11.6 Å². The molecule has 0 radical (unpaired) electrons. The number of benzene rings is 3. The number of anilines is 1. The molecule has 41 heavy (non-hydrogen) atoms. The first-order valence-electron chi connectivity index (χ1n) is 14.4. The number of halogens is 1. The third-order valence-corrected chi connectivity index (χ3v) is 8.42. The molecule has 2 bridgehead atoms. The summed E-state index contributed by atoms with van der Waals surface area (Å²) >= 11 is 6.90. The van der Waals surface area contributed by atoms with Gasteiger partial charge >= 0.3 is 6.09 Å². The summed E-state index contributed by atoms with van der Waals surface area (Å²) in [6.45, 7) is 4.81. The Balaban J connectivity index is 1.50. The zero-order valence-corrected chi connectivity index (χ0v) is 24.7. The van der Waals surface area contributed by atoms with Crippen LogP contribution in [0, 0.1) is 5.92 Å². The molecule has 1 saturated heterocycles. The molecule has 1 fully saturated rings. The molecule has 8 heteroatoms. The molecule has 2 aliphatic rings. The van der Waals surface area contributed by atoms with Crippen LogP contribution in [0.4, 0.5) is 10.5 Å². The van der Waals surface area contributed by atoms with Crippen LogP contribution in [0.25, 0.3) is 11.1 Å². The summed E-state index contributed by atoms with van der Waals surface area (Å²) in [5.41, 5.74) is 6.55. The highest BCUT2D eigenvalue weighted by molar-refractivity contribution is 6.33. The van der Waals surface area contributed by atoms with Crippen molar-refractivity contribution in [2.75, 3.05) is 45.3 Å². The van der Waals surface area contributed by atoms with E-state index >= 15 is 0 Å². The van der Waals surface area contributed by atoms with Crippen LogP contribution in [0.5, 0.6) is 0 Å². The van der Waals surface area contributed by atoms with E-state index in [0.717, 1.165) is 59.3 Å². The molecule has 0 aliphatic carbocycles. The highest BCUT2D eigenvalue weighted by Gasteiger charge is 2.34. The lowest BCUT2D eigenvalue weighted by Crippen LogP contribution is -2.42. The fraction of sp³-hybridized carbons (Fsp3) is 0.394. The lowest BCUT2D eigenvalue weighted by atomic mass is 9.84. The first kappa shape index (κ1) is 29.1. The van der Waals surface area contributed by atoms with Gasteiger partial charge in [0.15, 0.2) is 0 Å². The van der Waals surface area contributed by atoms with E-state index in [1.54, 1.807) is 4.90 Å². The van der Waals surface area contributed by atoms with Crippen LogP contribution in [-0.4, -0.2) is 57.3 Å². The average molecular weight is 576 g/mol. The SMILES string of the molecule is CCc1cc2cc(c1)N(C(=O)OC)CCO[C@H]([C@@H]1CCCN(C(=O)c3ccc(CNC)cc3)C1)c1cccc(Cl)c1-2. The van der Waals surface area contributed by atoms with Gasteiger partial charge in [-0.1, -0.05) is 48.9 Å². The Kier molecular flexibility index (Phi) is 9.28. The van der Waals surface area contributed by atoms with Gasteiger partial charge in [0, 0.05) is 47.4 Å². The Morgan fingerprint density at radius 2 is 1.88 bits per heavy atom. The van der Waals surface area contributed by atoms with Gasteiger partial charge in [-0.25, -0.2) is 4.79 Å². The fourth-order valence-electron chi connectivity index (χ4n) is 6.04. The van der Waals surface area contributed by atoms with Gasteiger partial charge in [0.25, 0.3) is 5.91 Å². The van der Waals surface area contributed by atoms with Crippen LogP contribution in [0.1, 0.15) is 52.9 Å². The summed E-state index contributed by atoms with van der Waals surface area (Å²) in [5.74, 6) is 0.0994. The van der Waals surface area contributed by atoms with E-state index in [2.05, 4.69) is 24.4 Å². The zero-order chi connectivity index (χ0) is 28.9. The van der Waals surface area contributed by atoms with Gasteiger partial charge in [0.05, 0.1) is 26.4 Å². The molecule has 3 aromatic rings. The number of hydrogen-bond donors (Lipinski definition) is 1. The maximum Gasteiger partial charge on any atom is 0.414 e. The number of nitrogens with one attached hydrogen (secondary N) is 1. The first-order chi connectivity index (χ1) is 19.9. The number of nitrogens with zero attached hydrogens (tertiary/aromatic N) is 2. The van der Waals surface area contributed by atoms with Crippen molar-refractivity contribution in [3.63, 3.8) is 0 Å². The van der Waals surface area contributed by atoms with Gasteiger partial charge in [-0.15, -0.1) is 0 Å². The van der Waals surface area contributed by atoms with Gasteiger partial charge in [0.1, 0.15) is 0 Å². The molecular weight excluding hydrogens is 538 g/mol. The third kappa shape index (κ3) is 6.27. The molecule has 3 aromatic carbocycles. The molecule has 2 atom stereocenters. The van der Waals surface area contributed by atoms with Crippen molar-refractivity contribution in [1.82, 2.24) is 10.2 Å². The van der Waals surface area contributed by atoms with Crippen LogP contribution in [-0.2, 0) is 22.4 Å². The number of piperidine rings is 1. The number of carbonyl (C=O) groups excluding carboxylic acids is 2. The topological polar surface area (TPSA) is 71.1 Å². The highest BCUT2D eigenvalue weighted by Crippen LogP contribution is 2.43. The zero-order valence-electron chi connectivity index (χ0n) is 24.0. The average Bonchev–Trinajstić information content (AvgIpc) is 3.00. The van der Waals surface area contributed by atoms with E-state index in [1.807, 2.05) is 60.5 Å². The summed E-state index contributed by atoms with van der Waals surface area (Å²) in [5, 5.41) is 3.77. The lowest BCUT2D eigenvalue weighted by molar-refractivity contribution is -0.0101. The molecule has 2 amide bonds. The van der Waals surface area contributed by atoms with Crippen molar-refractivity contribution in [3.05, 3.63) is 87.9 Å². The van der Waals surface area contributed by atoms with E-state index in [9.17, 15) is 9.59 Å². The van der Waals surface area contributed by atoms with Crippen molar-refractivity contribution in [3.8, 4) is 11.1 Å². The van der Waals surface area contributed by atoms with Crippen molar-refractivity contribution < 1.29 is 19.1 Å². The molecule has 0 unspecified atom stereocenters. The minimum Gasteiger partial charge on any atom is -0.452 e. The van der Waals surface area contributed by atoms with Crippen LogP contribution in [0.3, 0.4) is 0 Å². The molecule has 0 aromatic heterocycles. The number of amides is 2. The number of carbonyl (C=O) groups is 2. The van der Waals surface area contributed by atoms with Gasteiger partial charge in [-0.2, -0.15) is 0 Å². The van der Waals surface area contributed by atoms with E-state index in [0.29, 0.717) is 36.8 Å². The molecule has 2 aliphatic heterocycles. The number of methoxy groups -OCH3 is 1. The van der Waals surface area contributed by atoms with Crippen LogP contribution in [0.2, 0.25) is 5.02 Å². The predicted octanol–water partition coefficient (Wildman–Crippen LogP) is 6.49. The second kappa shape index (κ2) is 13.1. The Morgan fingerprint density at radius 3 is 2.61 bits per heavy atom. The van der Waals surface area contributed by atoms with Crippen molar-refractivity contribution in [1.29, 1.82) is 0 Å². The fourth-order valence-corrected chi connectivity index (χ4v) is 6.33. The molecule has 216 valence electrons. The van der Waals surface area contributed by atoms with Crippen molar-refractivity contribution in [2.24, 2.45) is 5.92 Å². The number of hydrogen-bond acceptors (Lipinski definition) is 5. The normalized spacial score (nSPS) is 18.9. The van der Waals surface area contributed by atoms with Gasteiger partial charge in [-0.3, -0.25) is 9.69 Å². The van der Waals surface area contributed by atoms with E-state index in [-0.39, 0.29) is 17.9 Å². The highest BCUT2D eigenvalue weighted by atomic mass is 35.5. The van der Waals surface area contributed by atoms with E-state index in [1.165, 1.54) is 7.11 Å². The van der Waals surface area contributed by atoms with E-state index < -0.39 is 6.09 Å². The largest absolute Gasteiger partial charge is 0.452 e. The summed E-state index contributed by atoms with van der Waals surface area (Å²) < 4.78 is 11.8. The minimum absolute atomic E-state index is 0.0362. The number of ether oxygens (including phenoxy) is 2. The van der Waals surface area contributed by atoms with Crippen LogP contribution < -0.4 is 10.2 Å². The lowest BCUT2D eigenvalue weighted by Gasteiger charge is -2.38. The third-order valence-electron chi connectivity index (χ3n) is 8.10. The Labute approximate surface area is 247 Å². The second-order valence-corrected chi connectivity index (χ2v) is 11.1. The predicted molar refractivity (Wildman–Crippen MR) is 163 cm³/mol. The maximum absolute atomic E-state index is 13.5. The van der Waals surface area contributed by atoms with Gasteiger partial charge in [-0.05, 0) is 78.9 Å². The number of rotatable bonds is 5. The first-order valence-corrected chi connectivity index (χ1v) is 14.7. The van der Waals surface area contributed by atoms with Crippen molar-refractivity contribution >= 4 is 29.3 Å². The van der Waals surface area contributed by atoms with E-state index in [4.69, 9.17) is 21.1 Å². The Morgan fingerprint density at radius 1 is 1.07 bits per heavy atom. The Bertz CT molecular complexity index is 1390. The second-order valence-electron chi connectivity index (χ2n) is 10.7. The van der Waals surface area contributed by atoms with Gasteiger partial charge < -0.3 is 19.7 Å². The number of aryl methyl sites for hydroxylation is 1. The molecule has 0 spiro atoms. The summed E-state index contributed by atoms with van der Waals surface area (Å²) in [6.07, 6.45) is 1.88. The quantitative estimate of drug-likeness (QED) is 0.377. The molecule has 5 rings (SSSR count). The number of fused-ring (bicyclic) bond motifs is 4. The minimum atomic E-state index is -0.431. The molecular formula is C33H38ClN3O4. The molecule has 7 nitrogen and oxygen atoms in total. The monoisotopic (exact) mass is 575 g/mol. The van der Waals surface area contributed by atoms with Crippen LogP contribution in [0.15, 0.2) is 60.7 Å². The summed E-state index contributed by atoms with van der Waals surface area (Å²) in [6, 6.07) is 19.9. The summed E-state index contributed by atoms with van der Waals surface area (Å²) in [7, 11) is 3.30. The van der Waals surface area contributed by atoms with Gasteiger partial charge in [0.2, 0.25) is 0 Å². The Hall–Kier alpha value is -3.39. The summed E-state index contributed by atoms with van der Waals surface area (Å²) in [4.78, 5) is 29.9. The molecule has 0 saturated carbocycles. The standard InChI is InChI=1S/C33H38ClN3O4/c1-4-22-17-26-19-27(18-22)37(33(39)40-3)15-16-41-31(28-8-5-9-29(34)30(26)28)25-7-6-14-36(21-25)32(38)24-12-10-23(11-13-24)20-35-2/h5,8-13,17-19,25,31,35H,4,6-7,14-16,20-21H2,1-3H3/t25-,31-/m1/s1. The van der Waals surface area contributed by atoms with Crippen molar-refractivity contribution in [2.45, 2.75) is 38.8 Å². The smallest absolute Gasteiger partial charge is 0.414 e. The number of likely N-dealkylation sites (tertiary alicyclic amines) is 1. The molecule has 2 heterocycles. The molecule has 1 N–H and O–H groups in total.